The lowest BCUT2D eigenvalue weighted by Crippen LogP contribution is -2.18. The van der Waals surface area contributed by atoms with Crippen molar-refractivity contribution in [3.8, 4) is 0 Å². The first kappa shape index (κ1) is 17.2. The van der Waals surface area contributed by atoms with Gasteiger partial charge in [-0.3, -0.25) is 4.57 Å². The van der Waals surface area contributed by atoms with Crippen LogP contribution in [0.3, 0.4) is 0 Å². The van der Waals surface area contributed by atoms with Gasteiger partial charge in [0.05, 0.1) is 18.9 Å². The van der Waals surface area contributed by atoms with Crippen molar-refractivity contribution >= 4 is 7.60 Å². The zero-order valence-corrected chi connectivity index (χ0v) is 13.7. The lowest BCUT2D eigenvalue weighted by molar-refractivity contribution is 0.214. The molecule has 0 N–H and O–H groups in total. The van der Waals surface area contributed by atoms with Gasteiger partial charge in [0.25, 0.3) is 0 Å². The van der Waals surface area contributed by atoms with E-state index >= 15 is 0 Å². The van der Waals surface area contributed by atoms with E-state index in [1.807, 2.05) is 64.1 Å². The molecule has 0 aliphatic carbocycles. The standard InChI is InChI=1S/C16H25O3P/c1-5-14(4)16(13-15-11-9-8-10-12-15)20(17,18-6-2)19-7-3/h5,8-12,16H,6-7,13H2,1-4H3. The molecule has 0 spiro atoms. The summed E-state index contributed by atoms with van der Waals surface area (Å²) in [5.41, 5.74) is 1.95. The van der Waals surface area contributed by atoms with Gasteiger partial charge in [-0.15, -0.1) is 0 Å². The van der Waals surface area contributed by atoms with Gasteiger partial charge in [-0.1, -0.05) is 42.0 Å². The van der Waals surface area contributed by atoms with Gasteiger partial charge in [0.1, 0.15) is 0 Å². The van der Waals surface area contributed by atoms with Crippen molar-refractivity contribution in [3.05, 3.63) is 47.5 Å². The average molecular weight is 296 g/mol. The second-order valence-electron chi connectivity index (χ2n) is 4.61. The van der Waals surface area contributed by atoms with Crippen molar-refractivity contribution < 1.29 is 13.6 Å². The summed E-state index contributed by atoms with van der Waals surface area (Å²) < 4.78 is 24.1. The van der Waals surface area contributed by atoms with Crippen molar-refractivity contribution in [1.29, 1.82) is 0 Å². The van der Waals surface area contributed by atoms with Gasteiger partial charge >= 0.3 is 7.60 Å². The van der Waals surface area contributed by atoms with Crippen LogP contribution in [0.4, 0.5) is 0 Å². The Balaban J connectivity index is 3.07. The smallest absolute Gasteiger partial charge is 0.308 e. The van der Waals surface area contributed by atoms with Crippen LogP contribution < -0.4 is 0 Å². The second kappa shape index (κ2) is 8.41. The third kappa shape index (κ3) is 4.59. The third-order valence-corrected chi connectivity index (χ3v) is 5.84. The van der Waals surface area contributed by atoms with E-state index in [1.54, 1.807) is 0 Å². The molecule has 0 aliphatic rings. The van der Waals surface area contributed by atoms with Crippen LogP contribution in [0.25, 0.3) is 0 Å². The number of allylic oxidation sites excluding steroid dienone is 2. The maximum atomic E-state index is 13.0. The number of hydrogen-bond donors (Lipinski definition) is 0. The van der Waals surface area contributed by atoms with Gasteiger partial charge in [-0.05, 0) is 39.7 Å². The fraction of sp³-hybridized carbons (Fsp3) is 0.500. The summed E-state index contributed by atoms with van der Waals surface area (Å²) in [5.74, 6) is 0. The molecule has 0 saturated carbocycles. The molecule has 0 aliphatic heterocycles. The molecule has 3 nitrogen and oxygen atoms in total. The molecular weight excluding hydrogens is 271 g/mol. The zero-order chi connectivity index (χ0) is 15.0. The molecule has 0 heterocycles. The van der Waals surface area contributed by atoms with Crippen molar-refractivity contribution in [3.63, 3.8) is 0 Å². The highest BCUT2D eigenvalue weighted by Gasteiger charge is 2.36. The first-order valence-corrected chi connectivity index (χ1v) is 8.74. The molecule has 0 radical (unpaired) electrons. The van der Waals surface area contributed by atoms with Gasteiger partial charge in [0.15, 0.2) is 0 Å². The Hall–Kier alpha value is -0.890. The second-order valence-corrected chi connectivity index (χ2v) is 6.83. The monoisotopic (exact) mass is 296 g/mol. The molecule has 1 aromatic rings. The third-order valence-electron chi connectivity index (χ3n) is 3.25. The summed E-state index contributed by atoms with van der Waals surface area (Å²) in [5, 5.41) is 0. The van der Waals surface area contributed by atoms with Gasteiger partial charge < -0.3 is 9.05 Å². The number of rotatable bonds is 8. The van der Waals surface area contributed by atoms with E-state index in [1.165, 1.54) is 0 Å². The van der Waals surface area contributed by atoms with Gasteiger partial charge in [0, 0.05) is 0 Å². The topological polar surface area (TPSA) is 35.5 Å². The fourth-order valence-electron chi connectivity index (χ4n) is 2.13. The fourth-order valence-corrected chi connectivity index (χ4v) is 4.37. The number of benzene rings is 1. The van der Waals surface area contributed by atoms with Crippen molar-refractivity contribution in [2.45, 2.75) is 39.8 Å². The van der Waals surface area contributed by atoms with E-state index in [4.69, 9.17) is 9.05 Å². The normalized spacial score (nSPS) is 14.3. The van der Waals surface area contributed by atoms with E-state index in [2.05, 4.69) is 0 Å². The van der Waals surface area contributed by atoms with E-state index < -0.39 is 7.60 Å². The van der Waals surface area contributed by atoms with Gasteiger partial charge in [0.2, 0.25) is 0 Å². The highest BCUT2D eigenvalue weighted by atomic mass is 31.2. The average Bonchev–Trinajstić information content (AvgIpc) is 2.45. The highest BCUT2D eigenvalue weighted by molar-refractivity contribution is 7.55. The Morgan fingerprint density at radius 1 is 1.20 bits per heavy atom. The highest BCUT2D eigenvalue weighted by Crippen LogP contribution is 2.56. The van der Waals surface area contributed by atoms with Crippen LogP contribution in [0, 0.1) is 0 Å². The van der Waals surface area contributed by atoms with Crippen molar-refractivity contribution in [1.82, 2.24) is 0 Å². The molecule has 0 fully saturated rings. The summed E-state index contributed by atoms with van der Waals surface area (Å²) in [6, 6.07) is 10.0. The molecule has 1 unspecified atom stereocenters. The van der Waals surface area contributed by atoms with E-state index in [0.29, 0.717) is 19.6 Å². The van der Waals surface area contributed by atoms with E-state index in [-0.39, 0.29) is 5.66 Å². The predicted molar refractivity (Wildman–Crippen MR) is 84.2 cm³/mol. The molecule has 1 atom stereocenters. The predicted octanol–water partition coefficient (Wildman–Crippen LogP) is 4.83. The minimum Gasteiger partial charge on any atom is -0.308 e. The van der Waals surface area contributed by atoms with Gasteiger partial charge in [-0.25, -0.2) is 0 Å². The Morgan fingerprint density at radius 3 is 2.20 bits per heavy atom. The maximum Gasteiger partial charge on any atom is 0.338 e. The molecule has 1 rings (SSSR count). The first-order valence-electron chi connectivity index (χ1n) is 7.12. The molecule has 1 aromatic carbocycles. The van der Waals surface area contributed by atoms with Crippen LogP contribution in [-0.4, -0.2) is 18.9 Å². The van der Waals surface area contributed by atoms with E-state index in [0.717, 1.165) is 11.1 Å². The Bertz CT molecular complexity index is 458. The lowest BCUT2D eigenvalue weighted by atomic mass is 10.1. The molecule has 4 heteroatoms. The Labute approximate surface area is 122 Å². The van der Waals surface area contributed by atoms with Crippen LogP contribution in [0.15, 0.2) is 42.0 Å². The molecule has 0 bridgehead atoms. The van der Waals surface area contributed by atoms with Crippen molar-refractivity contribution in [2.75, 3.05) is 13.2 Å². The maximum absolute atomic E-state index is 13.0. The largest absolute Gasteiger partial charge is 0.338 e. The molecule has 20 heavy (non-hydrogen) atoms. The zero-order valence-electron chi connectivity index (χ0n) is 12.8. The van der Waals surface area contributed by atoms with Crippen LogP contribution in [0.2, 0.25) is 0 Å². The molecule has 0 saturated heterocycles. The lowest BCUT2D eigenvalue weighted by Gasteiger charge is -2.27. The van der Waals surface area contributed by atoms with E-state index in [9.17, 15) is 4.57 Å². The summed E-state index contributed by atoms with van der Waals surface area (Å²) in [4.78, 5) is 0. The summed E-state index contributed by atoms with van der Waals surface area (Å²) in [6.45, 7) is 8.40. The van der Waals surface area contributed by atoms with Gasteiger partial charge in [-0.2, -0.15) is 0 Å². The first-order chi connectivity index (χ1) is 9.57. The summed E-state index contributed by atoms with van der Waals surface area (Å²) >= 11 is 0. The molecule has 0 aromatic heterocycles. The summed E-state index contributed by atoms with van der Waals surface area (Å²) in [6.07, 6.45) is 2.65. The quantitative estimate of drug-likeness (QED) is 0.509. The molecule has 0 amide bonds. The van der Waals surface area contributed by atoms with Crippen LogP contribution in [0.5, 0.6) is 0 Å². The van der Waals surface area contributed by atoms with Crippen LogP contribution in [-0.2, 0) is 20.0 Å². The summed E-state index contributed by atoms with van der Waals surface area (Å²) in [7, 11) is -3.14. The minimum atomic E-state index is -3.14. The van der Waals surface area contributed by atoms with Crippen molar-refractivity contribution in [2.24, 2.45) is 0 Å². The van der Waals surface area contributed by atoms with Crippen LogP contribution in [0.1, 0.15) is 33.3 Å². The SMILES string of the molecule is CC=C(C)C(Cc1ccccc1)P(=O)(OCC)OCC. The Morgan fingerprint density at radius 2 is 1.75 bits per heavy atom. The number of hydrogen-bond acceptors (Lipinski definition) is 3. The Kier molecular flexibility index (Phi) is 7.22. The molecule has 112 valence electrons. The molecular formula is C16H25O3P. The minimum absolute atomic E-state index is 0.227. The van der Waals surface area contributed by atoms with Crippen LogP contribution >= 0.6 is 7.60 Å².